The number of carbonyl (C=O) groups excluding carboxylic acids is 1. The van der Waals surface area contributed by atoms with Gasteiger partial charge in [-0.2, -0.15) is 5.26 Å². The van der Waals surface area contributed by atoms with Crippen LogP contribution in [-0.4, -0.2) is 17.6 Å². The van der Waals surface area contributed by atoms with Gasteiger partial charge in [0, 0.05) is 6.54 Å². The minimum absolute atomic E-state index is 0.112. The Morgan fingerprint density at radius 1 is 1.20 bits per heavy atom. The predicted octanol–water partition coefficient (Wildman–Crippen LogP) is 5.32. The summed E-state index contributed by atoms with van der Waals surface area (Å²) in [6.45, 7) is 4.53. The lowest BCUT2D eigenvalue weighted by molar-refractivity contribution is -0.117. The summed E-state index contributed by atoms with van der Waals surface area (Å²) in [7, 11) is 0. The summed E-state index contributed by atoms with van der Waals surface area (Å²) in [6.07, 6.45) is 8.29. The van der Waals surface area contributed by atoms with E-state index >= 15 is 0 Å². The molecule has 1 aromatic carbocycles. The van der Waals surface area contributed by atoms with Crippen LogP contribution in [0.5, 0.6) is 5.75 Å². The van der Waals surface area contributed by atoms with E-state index in [-0.39, 0.29) is 17.2 Å². The lowest BCUT2D eigenvalue weighted by Gasteiger charge is -2.09. The fraction of sp³-hybridized carbons (Fsp3) is 0.500. The molecular formula is C20H27BrN2O2. The summed E-state index contributed by atoms with van der Waals surface area (Å²) < 4.78 is 0.533. The summed E-state index contributed by atoms with van der Waals surface area (Å²) in [6, 6.07) is 6.93. The van der Waals surface area contributed by atoms with Gasteiger partial charge < -0.3 is 10.4 Å². The maximum atomic E-state index is 12.3. The molecule has 136 valence electrons. The number of halogens is 1. The van der Waals surface area contributed by atoms with Crippen LogP contribution in [0.15, 0.2) is 28.2 Å². The largest absolute Gasteiger partial charge is 0.507 e. The second-order valence-corrected chi connectivity index (χ2v) is 7.01. The Hall–Kier alpha value is -1.80. The van der Waals surface area contributed by atoms with Gasteiger partial charge in [0.2, 0.25) is 0 Å². The molecule has 0 fully saturated rings. The zero-order valence-corrected chi connectivity index (χ0v) is 16.7. The zero-order chi connectivity index (χ0) is 18.7. The van der Waals surface area contributed by atoms with E-state index in [0.29, 0.717) is 16.6 Å². The second-order valence-electron chi connectivity index (χ2n) is 6.16. The molecule has 0 atom stereocenters. The molecule has 5 heteroatoms. The third-order valence-electron chi connectivity index (χ3n) is 4.16. The van der Waals surface area contributed by atoms with E-state index in [4.69, 9.17) is 0 Å². The number of phenols is 1. The number of benzene rings is 1. The summed E-state index contributed by atoms with van der Waals surface area (Å²) >= 11 is 3.25. The van der Waals surface area contributed by atoms with Crippen LogP contribution < -0.4 is 5.32 Å². The maximum Gasteiger partial charge on any atom is 0.262 e. The van der Waals surface area contributed by atoms with Crippen LogP contribution in [0.3, 0.4) is 0 Å². The fourth-order valence-electron chi connectivity index (χ4n) is 2.56. The van der Waals surface area contributed by atoms with Gasteiger partial charge in [0.15, 0.2) is 0 Å². The molecule has 1 aromatic rings. The van der Waals surface area contributed by atoms with E-state index in [1.54, 1.807) is 19.1 Å². The molecule has 4 nitrogen and oxygen atoms in total. The number of phenolic OH excluding ortho intramolecular Hbond substituents is 1. The van der Waals surface area contributed by atoms with Gasteiger partial charge in [-0.25, -0.2) is 0 Å². The van der Waals surface area contributed by atoms with Crippen molar-refractivity contribution in [2.75, 3.05) is 6.54 Å². The van der Waals surface area contributed by atoms with Crippen molar-refractivity contribution in [2.24, 2.45) is 0 Å². The molecule has 0 unspecified atom stereocenters. The van der Waals surface area contributed by atoms with Gasteiger partial charge in [-0.3, -0.25) is 4.79 Å². The smallest absolute Gasteiger partial charge is 0.262 e. The van der Waals surface area contributed by atoms with Crippen molar-refractivity contribution >= 4 is 27.4 Å². The number of aromatic hydroxyl groups is 1. The quantitative estimate of drug-likeness (QED) is 0.313. The molecule has 2 N–H and O–H groups in total. The van der Waals surface area contributed by atoms with Crippen LogP contribution in [0, 0.1) is 11.3 Å². The first-order valence-electron chi connectivity index (χ1n) is 8.89. The summed E-state index contributed by atoms with van der Waals surface area (Å²) in [4.78, 5) is 12.3. The number of allylic oxidation sites excluding steroid dienone is 1. The van der Waals surface area contributed by atoms with Gasteiger partial charge >= 0.3 is 0 Å². The van der Waals surface area contributed by atoms with Crippen LogP contribution in [0.4, 0.5) is 0 Å². The van der Waals surface area contributed by atoms with Gasteiger partial charge in [0.05, 0.1) is 4.47 Å². The van der Waals surface area contributed by atoms with Gasteiger partial charge in [-0.15, -0.1) is 0 Å². The maximum absolute atomic E-state index is 12.3. The predicted molar refractivity (Wildman–Crippen MR) is 105 cm³/mol. The van der Waals surface area contributed by atoms with Crippen LogP contribution in [0.2, 0.25) is 0 Å². The Kier molecular flexibility index (Phi) is 9.94. The van der Waals surface area contributed by atoms with Crippen molar-refractivity contribution in [3.8, 4) is 11.8 Å². The van der Waals surface area contributed by atoms with Crippen LogP contribution in [0.25, 0.3) is 5.57 Å². The first-order valence-corrected chi connectivity index (χ1v) is 9.68. The monoisotopic (exact) mass is 406 g/mol. The third kappa shape index (κ3) is 7.31. The van der Waals surface area contributed by atoms with Crippen molar-refractivity contribution in [2.45, 2.75) is 58.8 Å². The van der Waals surface area contributed by atoms with Crippen molar-refractivity contribution in [3.05, 3.63) is 33.8 Å². The Labute approximate surface area is 159 Å². The molecule has 0 aliphatic rings. The number of carbonyl (C=O) groups is 1. The SMILES string of the molecule is CCCCCCCCCNC(=O)C(C#N)=C(C)c1ccc(O)c(Br)c1. The Bertz CT molecular complexity index is 648. The summed E-state index contributed by atoms with van der Waals surface area (Å²) in [5.74, 6) is -0.214. The molecule has 0 radical (unpaired) electrons. The molecule has 0 heterocycles. The molecule has 25 heavy (non-hydrogen) atoms. The van der Waals surface area contributed by atoms with Crippen LogP contribution >= 0.6 is 15.9 Å². The summed E-state index contributed by atoms with van der Waals surface area (Å²) in [5.41, 5.74) is 1.44. The van der Waals surface area contributed by atoms with Crippen molar-refractivity contribution in [3.63, 3.8) is 0 Å². The lowest BCUT2D eigenvalue weighted by atomic mass is 10.0. The first kappa shape index (κ1) is 21.2. The highest BCUT2D eigenvalue weighted by molar-refractivity contribution is 9.10. The number of rotatable bonds is 10. The summed E-state index contributed by atoms with van der Waals surface area (Å²) in [5, 5.41) is 21.7. The number of hydrogen-bond donors (Lipinski definition) is 2. The molecule has 0 spiro atoms. The number of hydrogen-bond acceptors (Lipinski definition) is 3. The molecule has 0 saturated carbocycles. The second kappa shape index (κ2) is 11.7. The number of unbranched alkanes of at least 4 members (excludes halogenated alkanes) is 6. The van der Waals surface area contributed by atoms with E-state index < -0.39 is 0 Å². The molecule has 0 aromatic heterocycles. The number of nitrogens with one attached hydrogen (secondary N) is 1. The fourth-order valence-corrected chi connectivity index (χ4v) is 2.94. The molecule has 0 aliphatic carbocycles. The van der Waals surface area contributed by atoms with E-state index in [0.717, 1.165) is 18.4 Å². The van der Waals surface area contributed by atoms with E-state index in [1.165, 1.54) is 38.2 Å². The number of nitriles is 1. The van der Waals surface area contributed by atoms with E-state index in [9.17, 15) is 15.2 Å². The van der Waals surface area contributed by atoms with Crippen molar-refractivity contribution in [1.29, 1.82) is 5.26 Å². The van der Waals surface area contributed by atoms with Gasteiger partial charge in [0.1, 0.15) is 17.4 Å². The standard InChI is InChI=1S/C20H27BrN2O2/c1-3-4-5-6-7-8-9-12-23-20(25)17(14-22)15(2)16-10-11-19(24)18(21)13-16/h10-11,13,24H,3-9,12H2,1-2H3,(H,23,25). The minimum Gasteiger partial charge on any atom is -0.507 e. The Morgan fingerprint density at radius 2 is 1.84 bits per heavy atom. The molecule has 0 bridgehead atoms. The van der Waals surface area contributed by atoms with E-state index in [1.807, 2.05) is 6.07 Å². The third-order valence-corrected chi connectivity index (χ3v) is 4.80. The minimum atomic E-state index is -0.338. The van der Waals surface area contributed by atoms with Crippen molar-refractivity contribution in [1.82, 2.24) is 5.32 Å². The van der Waals surface area contributed by atoms with Crippen LogP contribution in [-0.2, 0) is 4.79 Å². The molecule has 0 saturated heterocycles. The molecule has 1 amide bonds. The Morgan fingerprint density at radius 3 is 2.44 bits per heavy atom. The molecular weight excluding hydrogens is 380 g/mol. The highest BCUT2D eigenvalue weighted by atomic mass is 79.9. The average Bonchev–Trinajstić information content (AvgIpc) is 2.60. The average molecular weight is 407 g/mol. The normalized spacial score (nSPS) is 11.6. The van der Waals surface area contributed by atoms with Gasteiger partial charge in [0.25, 0.3) is 5.91 Å². The van der Waals surface area contributed by atoms with Gasteiger partial charge in [-0.05, 0) is 52.5 Å². The highest BCUT2D eigenvalue weighted by Gasteiger charge is 2.14. The van der Waals surface area contributed by atoms with Gasteiger partial charge in [-0.1, -0.05) is 51.5 Å². The topological polar surface area (TPSA) is 73.1 Å². The first-order chi connectivity index (χ1) is 12.0. The lowest BCUT2D eigenvalue weighted by Crippen LogP contribution is -2.26. The number of nitrogens with zero attached hydrogens (tertiary/aromatic N) is 1. The molecule has 1 rings (SSSR count). The van der Waals surface area contributed by atoms with E-state index in [2.05, 4.69) is 28.2 Å². The highest BCUT2D eigenvalue weighted by Crippen LogP contribution is 2.28. The number of amides is 1. The van der Waals surface area contributed by atoms with Crippen LogP contribution in [0.1, 0.15) is 64.4 Å². The zero-order valence-electron chi connectivity index (χ0n) is 15.1. The molecule has 0 aliphatic heterocycles. The Balaban J connectivity index is 2.53. The van der Waals surface area contributed by atoms with Crippen molar-refractivity contribution < 1.29 is 9.90 Å².